The van der Waals surface area contributed by atoms with Gasteiger partial charge in [-0.05, 0) is 52.9 Å². The van der Waals surface area contributed by atoms with Crippen molar-refractivity contribution >= 4 is 45.6 Å². The van der Waals surface area contributed by atoms with Gasteiger partial charge in [-0.25, -0.2) is 0 Å². The normalized spacial score (nSPS) is 32.3. The van der Waals surface area contributed by atoms with E-state index in [2.05, 4.69) is 5.16 Å². The zero-order valence-electron chi connectivity index (χ0n) is 17.0. The molecule has 2 bridgehead atoms. The van der Waals surface area contributed by atoms with Gasteiger partial charge < -0.3 is 4.84 Å². The maximum atomic E-state index is 13.6. The number of benzene rings is 3. The van der Waals surface area contributed by atoms with Gasteiger partial charge in [0.1, 0.15) is 6.10 Å². The van der Waals surface area contributed by atoms with E-state index >= 15 is 0 Å². The van der Waals surface area contributed by atoms with Crippen LogP contribution in [0.2, 0.25) is 5.02 Å². The second-order valence-electron chi connectivity index (χ2n) is 9.24. The third kappa shape index (κ3) is 2.32. The van der Waals surface area contributed by atoms with E-state index in [1.165, 1.54) is 4.90 Å². The Bertz CT molecular complexity index is 1330. The Morgan fingerprint density at radius 1 is 0.844 bits per heavy atom. The fraction of sp³-hybridized carbons (Fsp3) is 0.269. The maximum absolute atomic E-state index is 13.6. The molecule has 3 aromatic carbocycles. The molecule has 2 saturated carbocycles. The van der Waals surface area contributed by atoms with Crippen LogP contribution < -0.4 is 4.90 Å². The summed E-state index contributed by atoms with van der Waals surface area (Å²) in [6.07, 6.45) is 0.695. The Balaban J connectivity index is 1.25. The minimum absolute atomic E-state index is 0.0189. The van der Waals surface area contributed by atoms with Crippen molar-refractivity contribution in [3.63, 3.8) is 0 Å². The molecule has 1 saturated heterocycles. The molecule has 3 fully saturated rings. The zero-order chi connectivity index (χ0) is 21.6. The number of hydrogen-bond acceptors (Lipinski definition) is 4. The van der Waals surface area contributed by atoms with Crippen LogP contribution in [0, 0.1) is 29.6 Å². The third-order valence-corrected chi connectivity index (χ3v) is 8.07. The van der Waals surface area contributed by atoms with Gasteiger partial charge in [-0.1, -0.05) is 59.2 Å². The largest absolute Gasteiger partial charge is 0.391 e. The fourth-order valence-corrected chi connectivity index (χ4v) is 6.68. The van der Waals surface area contributed by atoms with Crippen molar-refractivity contribution in [1.82, 2.24) is 0 Å². The molecule has 2 heterocycles. The van der Waals surface area contributed by atoms with Gasteiger partial charge >= 0.3 is 0 Å². The second-order valence-corrected chi connectivity index (χ2v) is 9.67. The number of hydrogen-bond donors (Lipinski definition) is 0. The van der Waals surface area contributed by atoms with Crippen molar-refractivity contribution in [2.45, 2.75) is 12.5 Å². The van der Waals surface area contributed by atoms with Crippen LogP contribution in [-0.2, 0) is 14.4 Å². The highest BCUT2D eigenvalue weighted by molar-refractivity contribution is 6.30. The number of halogens is 1. The fourth-order valence-electron chi connectivity index (χ4n) is 6.56. The Morgan fingerprint density at radius 2 is 1.56 bits per heavy atom. The molecule has 0 spiro atoms. The average molecular weight is 443 g/mol. The van der Waals surface area contributed by atoms with Gasteiger partial charge in [-0.15, -0.1) is 0 Å². The van der Waals surface area contributed by atoms with E-state index in [1.54, 1.807) is 0 Å². The number of carbonyl (C=O) groups is 2. The smallest absolute Gasteiger partial charge is 0.238 e. The van der Waals surface area contributed by atoms with Crippen LogP contribution in [0.1, 0.15) is 12.0 Å². The lowest BCUT2D eigenvalue weighted by molar-refractivity contribution is -0.125. The first kappa shape index (κ1) is 18.4. The zero-order valence-corrected chi connectivity index (χ0v) is 17.8. The van der Waals surface area contributed by atoms with E-state index in [0.29, 0.717) is 10.7 Å². The summed E-state index contributed by atoms with van der Waals surface area (Å²) >= 11 is 6.05. The van der Waals surface area contributed by atoms with Gasteiger partial charge in [0, 0.05) is 16.9 Å². The molecular weight excluding hydrogens is 424 g/mol. The predicted octanol–water partition coefficient (Wildman–Crippen LogP) is 4.67. The van der Waals surface area contributed by atoms with E-state index in [9.17, 15) is 9.59 Å². The predicted molar refractivity (Wildman–Crippen MR) is 121 cm³/mol. The van der Waals surface area contributed by atoms with Crippen LogP contribution in [0.5, 0.6) is 0 Å². The summed E-state index contributed by atoms with van der Waals surface area (Å²) in [5.41, 5.74) is 2.50. The minimum Gasteiger partial charge on any atom is -0.391 e. The van der Waals surface area contributed by atoms with Gasteiger partial charge in [0.15, 0.2) is 0 Å². The van der Waals surface area contributed by atoms with Gasteiger partial charge in [-0.2, -0.15) is 0 Å². The summed E-state index contributed by atoms with van der Waals surface area (Å²) in [5, 5.41) is 7.16. The molecule has 0 radical (unpaired) electrons. The third-order valence-electron chi connectivity index (χ3n) is 7.82. The first-order valence-electron chi connectivity index (χ1n) is 11.0. The monoisotopic (exact) mass is 442 g/mol. The van der Waals surface area contributed by atoms with Crippen LogP contribution in [-0.4, -0.2) is 23.6 Å². The van der Waals surface area contributed by atoms with Gasteiger partial charge in [0.05, 0.1) is 23.2 Å². The van der Waals surface area contributed by atoms with Crippen molar-refractivity contribution in [2.24, 2.45) is 34.7 Å². The standard InChI is InChI=1S/C26H19ClN2O3/c27-16-8-5-14(6-9-16)23-22-18-12-19(24(22)32-28-23)21-20(18)25(30)29(26(21)31)17-10-7-13-3-1-2-4-15(13)11-17/h1-11,18-22,24H,12H2/t18-,19+,20-,21+,22+,24+/m1/s1. The van der Waals surface area contributed by atoms with Crippen molar-refractivity contribution < 1.29 is 14.4 Å². The molecule has 2 aliphatic heterocycles. The number of nitrogens with zero attached hydrogens (tertiary/aromatic N) is 2. The number of anilines is 1. The quantitative estimate of drug-likeness (QED) is 0.542. The van der Waals surface area contributed by atoms with Crippen LogP contribution >= 0.6 is 11.6 Å². The summed E-state index contributed by atoms with van der Waals surface area (Å²) in [4.78, 5) is 34.4. The number of amides is 2. The maximum Gasteiger partial charge on any atom is 0.238 e. The lowest BCUT2D eigenvalue weighted by Crippen LogP contribution is -2.41. The topological polar surface area (TPSA) is 59.0 Å². The molecule has 6 atom stereocenters. The first-order chi connectivity index (χ1) is 15.6. The molecule has 4 aliphatic rings. The number of fused-ring (bicyclic) bond motifs is 9. The molecule has 32 heavy (non-hydrogen) atoms. The highest BCUT2D eigenvalue weighted by Crippen LogP contribution is 2.62. The molecule has 2 amide bonds. The highest BCUT2D eigenvalue weighted by atomic mass is 35.5. The summed E-state index contributed by atoms with van der Waals surface area (Å²) in [5.74, 6) is -0.678. The van der Waals surface area contributed by atoms with Crippen molar-refractivity contribution in [1.29, 1.82) is 0 Å². The Labute approximate surface area is 189 Å². The average Bonchev–Trinajstić information content (AvgIpc) is 3.54. The van der Waals surface area contributed by atoms with Crippen LogP contribution in [0.3, 0.4) is 0 Å². The molecule has 3 aromatic rings. The van der Waals surface area contributed by atoms with E-state index in [1.807, 2.05) is 66.7 Å². The Hall–Kier alpha value is -3.18. The summed E-state index contributed by atoms with van der Waals surface area (Å²) in [6, 6.07) is 21.3. The Kier molecular flexibility index (Phi) is 3.69. The number of oxime groups is 1. The summed E-state index contributed by atoms with van der Waals surface area (Å²) < 4.78 is 0. The van der Waals surface area contributed by atoms with Crippen molar-refractivity contribution in [3.8, 4) is 0 Å². The molecule has 6 heteroatoms. The molecule has 0 aromatic heterocycles. The van der Waals surface area contributed by atoms with Crippen LogP contribution in [0.15, 0.2) is 71.9 Å². The van der Waals surface area contributed by atoms with Crippen LogP contribution in [0.25, 0.3) is 10.8 Å². The molecule has 7 rings (SSSR count). The molecular formula is C26H19ClN2O3. The number of carbonyl (C=O) groups excluding carboxylic acids is 2. The molecule has 5 nitrogen and oxygen atoms in total. The highest BCUT2D eigenvalue weighted by Gasteiger charge is 2.70. The summed E-state index contributed by atoms with van der Waals surface area (Å²) in [6.45, 7) is 0. The number of imide groups is 1. The van der Waals surface area contributed by atoms with E-state index in [4.69, 9.17) is 16.4 Å². The van der Waals surface area contributed by atoms with E-state index in [-0.39, 0.29) is 47.5 Å². The minimum atomic E-state index is -0.319. The first-order valence-corrected chi connectivity index (χ1v) is 11.4. The van der Waals surface area contributed by atoms with Gasteiger partial charge in [-0.3, -0.25) is 14.5 Å². The van der Waals surface area contributed by atoms with Gasteiger partial charge in [0.2, 0.25) is 11.8 Å². The van der Waals surface area contributed by atoms with E-state index in [0.717, 1.165) is 28.5 Å². The van der Waals surface area contributed by atoms with E-state index < -0.39 is 0 Å². The summed E-state index contributed by atoms with van der Waals surface area (Å²) in [7, 11) is 0. The Morgan fingerprint density at radius 3 is 2.34 bits per heavy atom. The van der Waals surface area contributed by atoms with Crippen LogP contribution in [0.4, 0.5) is 5.69 Å². The SMILES string of the molecule is O=C1[C@@H]2[C@H]3C[C@H]([C@@H]4ON=C(c5ccc(Cl)cc5)[C@H]34)[C@@H]2C(=O)N1c1ccc2ccccc2c1. The molecule has 2 aliphatic carbocycles. The van der Waals surface area contributed by atoms with Gasteiger partial charge in [0.25, 0.3) is 0 Å². The van der Waals surface area contributed by atoms with Crippen molar-refractivity contribution in [2.75, 3.05) is 4.90 Å². The van der Waals surface area contributed by atoms with Crippen molar-refractivity contribution in [3.05, 3.63) is 77.3 Å². The molecule has 0 unspecified atom stereocenters. The lowest BCUT2D eigenvalue weighted by atomic mass is 9.71. The second kappa shape index (κ2) is 6.42. The molecule has 0 N–H and O–H groups in total. The molecule has 158 valence electrons. The number of rotatable bonds is 2. The lowest BCUT2D eigenvalue weighted by Gasteiger charge is -2.29.